The van der Waals surface area contributed by atoms with E-state index in [4.69, 9.17) is 5.11 Å². The van der Waals surface area contributed by atoms with Crippen LogP contribution in [0.15, 0.2) is 35.4 Å². The predicted octanol–water partition coefficient (Wildman–Crippen LogP) is 1.70. The van der Waals surface area contributed by atoms with Gasteiger partial charge in [0, 0.05) is 6.20 Å². The highest BCUT2D eigenvalue weighted by atomic mass is 16.4. The molecule has 1 amide bonds. The fourth-order valence-electron chi connectivity index (χ4n) is 2.69. The van der Waals surface area contributed by atoms with E-state index in [-0.39, 0.29) is 16.8 Å². The van der Waals surface area contributed by atoms with Crippen molar-refractivity contribution >= 4 is 17.0 Å². The second kappa shape index (κ2) is 6.45. The van der Waals surface area contributed by atoms with Crippen LogP contribution in [-0.2, 0) is 0 Å². The quantitative estimate of drug-likeness (QED) is 0.662. The first-order valence-corrected chi connectivity index (χ1v) is 7.51. The van der Waals surface area contributed by atoms with Crippen molar-refractivity contribution in [3.8, 4) is 11.8 Å². The first kappa shape index (κ1) is 16.2. The summed E-state index contributed by atoms with van der Waals surface area (Å²) < 4.78 is 1.27. The molecule has 0 aliphatic heterocycles. The topological polar surface area (TPSA) is 137 Å². The number of aromatic nitrogens is 4. The lowest BCUT2D eigenvalue weighted by Gasteiger charge is -2.19. The summed E-state index contributed by atoms with van der Waals surface area (Å²) in [6.45, 7) is 1.78. The van der Waals surface area contributed by atoms with Crippen LogP contribution in [0.25, 0.3) is 16.6 Å². The van der Waals surface area contributed by atoms with Crippen LogP contribution in [0.2, 0.25) is 0 Å². The van der Waals surface area contributed by atoms with Gasteiger partial charge in [-0.2, -0.15) is 10.4 Å². The number of hydrogen-bond donors (Lipinski definition) is 3. The molecule has 1 aromatic carbocycles. The van der Waals surface area contributed by atoms with Gasteiger partial charge in [0.25, 0.3) is 5.56 Å². The lowest BCUT2D eigenvalue weighted by molar-refractivity contribution is 0.188. The van der Waals surface area contributed by atoms with Crippen LogP contribution in [0.5, 0.6) is 0 Å². The monoisotopic (exact) mass is 338 g/mol. The van der Waals surface area contributed by atoms with Gasteiger partial charge in [0.15, 0.2) is 0 Å². The summed E-state index contributed by atoms with van der Waals surface area (Å²) in [4.78, 5) is 28.7. The molecule has 0 fully saturated rings. The number of nitrogens with one attached hydrogen (secondary N) is 2. The third-order valence-corrected chi connectivity index (χ3v) is 3.80. The Morgan fingerprint density at radius 1 is 1.52 bits per heavy atom. The van der Waals surface area contributed by atoms with Crippen molar-refractivity contribution in [2.75, 3.05) is 0 Å². The van der Waals surface area contributed by atoms with Crippen LogP contribution >= 0.6 is 0 Å². The number of nitriles is 1. The highest BCUT2D eigenvalue weighted by molar-refractivity contribution is 5.84. The fraction of sp³-hybridized carbons (Fsp3) is 0.188. The summed E-state index contributed by atoms with van der Waals surface area (Å²) in [7, 11) is 0. The van der Waals surface area contributed by atoms with Crippen LogP contribution in [0.1, 0.15) is 30.8 Å². The first-order valence-electron chi connectivity index (χ1n) is 7.51. The summed E-state index contributed by atoms with van der Waals surface area (Å²) >= 11 is 0. The largest absolute Gasteiger partial charge is 0.465 e. The van der Waals surface area contributed by atoms with Gasteiger partial charge in [-0.3, -0.25) is 14.5 Å². The average molecular weight is 338 g/mol. The molecule has 0 radical (unpaired) electrons. The van der Waals surface area contributed by atoms with E-state index in [1.54, 1.807) is 19.1 Å². The minimum absolute atomic E-state index is 0.181. The molecule has 1 unspecified atom stereocenters. The second-order valence-corrected chi connectivity index (χ2v) is 5.29. The van der Waals surface area contributed by atoms with E-state index in [2.05, 4.69) is 20.5 Å². The van der Waals surface area contributed by atoms with Gasteiger partial charge in [-0.25, -0.2) is 9.78 Å². The smallest absolute Gasteiger partial charge is 0.405 e. The highest BCUT2D eigenvalue weighted by Crippen LogP contribution is 2.21. The molecule has 0 bridgehead atoms. The maximum atomic E-state index is 13.1. The van der Waals surface area contributed by atoms with Gasteiger partial charge in [0.05, 0.1) is 34.4 Å². The zero-order valence-corrected chi connectivity index (χ0v) is 13.2. The van der Waals surface area contributed by atoms with E-state index >= 15 is 0 Å². The number of fused-ring (bicyclic) bond motifs is 1. The van der Waals surface area contributed by atoms with E-state index in [0.29, 0.717) is 17.6 Å². The SMILES string of the molecule is CCC(NC(=O)O)c1nc2cccc(C#N)c2c(=O)n1-c1cn[nH]c1. The van der Waals surface area contributed by atoms with Crippen molar-refractivity contribution < 1.29 is 9.90 Å². The summed E-state index contributed by atoms with van der Waals surface area (Å²) in [5, 5.41) is 27.4. The Morgan fingerprint density at radius 3 is 2.92 bits per heavy atom. The van der Waals surface area contributed by atoms with E-state index in [1.807, 2.05) is 6.07 Å². The average Bonchev–Trinajstić information content (AvgIpc) is 3.12. The highest BCUT2D eigenvalue weighted by Gasteiger charge is 2.22. The lowest BCUT2D eigenvalue weighted by atomic mass is 10.1. The molecular formula is C16H14N6O3. The molecule has 3 N–H and O–H groups in total. The van der Waals surface area contributed by atoms with Crippen molar-refractivity contribution in [1.29, 1.82) is 5.26 Å². The van der Waals surface area contributed by atoms with Crippen LogP contribution in [0.4, 0.5) is 4.79 Å². The van der Waals surface area contributed by atoms with Gasteiger partial charge in [0.1, 0.15) is 11.9 Å². The van der Waals surface area contributed by atoms with Crippen molar-refractivity contribution in [3.63, 3.8) is 0 Å². The molecule has 25 heavy (non-hydrogen) atoms. The number of hydrogen-bond acceptors (Lipinski definition) is 5. The van der Waals surface area contributed by atoms with E-state index in [1.165, 1.54) is 23.0 Å². The van der Waals surface area contributed by atoms with Crippen LogP contribution in [0.3, 0.4) is 0 Å². The zero-order chi connectivity index (χ0) is 18.0. The predicted molar refractivity (Wildman–Crippen MR) is 88.4 cm³/mol. The fourth-order valence-corrected chi connectivity index (χ4v) is 2.69. The Kier molecular flexibility index (Phi) is 4.18. The number of aromatic amines is 1. The normalized spacial score (nSPS) is 11.8. The maximum Gasteiger partial charge on any atom is 0.405 e. The molecule has 9 nitrogen and oxygen atoms in total. The van der Waals surface area contributed by atoms with Gasteiger partial charge >= 0.3 is 6.09 Å². The second-order valence-electron chi connectivity index (χ2n) is 5.29. The molecule has 9 heteroatoms. The molecule has 0 aliphatic carbocycles. The van der Waals surface area contributed by atoms with Gasteiger partial charge < -0.3 is 10.4 Å². The van der Waals surface area contributed by atoms with Gasteiger partial charge in [-0.1, -0.05) is 13.0 Å². The third-order valence-electron chi connectivity index (χ3n) is 3.80. The van der Waals surface area contributed by atoms with E-state index in [9.17, 15) is 14.9 Å². The Morgan fingerprint density at radius 2 is 2.32 bits per heavy atom. The standard InChI is InChI=1S/C16H14N6O3/c1-2-11(21-16(24)25)14-20-12-5-3-4-9(6-17)13(12)15(23)22(14)10-7-18-19-8-10/h3-5,7-8,11,21H,2H2,1H3,(H,18,19)(H,24,25). The molecule has 126 valence electrons. The molecule has 3 rings (SSSR count). The molecule has 0 aliphatic rings. The minimum atomic E-state index is -1.22. The van der Waals surface area contributed by atoms with E-state index in [0.717, 1.165) is 0 Å². The lowest BCUT2D eigenvalue weighted by Crippen LogP contribution is -2.33. The maximum absolute atomic E-state index is 13.1. The van der Waals surface area contributed by atoms with Crippen LogP contribution in [0, 0.1) is 11.3 Å². The van der Waals surface area contributed by atoms with Crippen molar-refractivity contribution in [1.82, 2.24) is 25.1 Å². The van der Waals surface area contributed by atoms with Crippen LogP contribution < -0.4 is 10.9 Å². The number of nitrogens with zero attached hydrogens (tertiary/aromatic N) is 4. The molecule has 3 aromatic rings. The van der Waals surface area contributed by atoms with Gasteiger partial charge in [-0.15, -0.1) is 0 Å². The molecule has 0 saturated carbocycles. The van der Waals surface area contributed by atoms with Crippen molar-refractivity contribution in [2.45, 2.75) is 19.4 Å². The first-order chi connectivity index (χ1) is 12.1. The number of carbonyl (C=O) groups is 1. The van der Waals surface area contributed by atoms with Crippen molar-refractivity contribution in [2.24, 2.45) is 0 Å². The summed E-state index contributed by atoms with van der Waals surface area (Å²) in [5.74, 6) is 0.235. The Labute approximate surface area is 141 Å². The molecule has 0 spiro atoms. The van der Waals surface area contributed by atoms with Crippen LogP contribution in [-0.4, -0.2) is 30.9 Å². The number of benzene rings is 1. The Balaban J connectivity index is 2.40. The Bertz CT molecular complexity index is 1030. The molecular weight excluding hydrogens is 324 g/mol. The zero-order valence-electron chi connectivity index (χ0n) is 13.2. The molecule has 2 heterocycles. The molecule has 1 atom stereocenters. The molecule has 2 aromatic heterocycles. The molecule has 0 saturated heterocycles. The third kappa shape index (κ3) is 2.81. The van der Waals surface area contributed by atoms with Gasteiger partial charge in [0.2, 0.25) is 0 Å². The van der Waals surface area contributed by atoms with E-state index < -0.39 is 17.7 Å². The van der Waals surface area contributed by atoms with Gasteiger partial charge in [-0.05, 0) is 18.6 Å². The summed E-state index contributed by atoms with van der Waals surface area (Å²) in [5.41, 5.74) is 0.499. The van der Waals surface area contributed by atoms with Crippen molar-refractivity contribution in [3.05, 3.63) is 52.3 Å². The Hall–Kier alpha value is -3.67. The number of H-pyrrole nitrogens is 1. The minimum Gasteiger partial charge on any atom is -0.465 e. The number of rotatable bonds is 4. The summed E-state index contributed by atoms with van der Waals surface area (Å²) in [6, 6.07) is 6.08. The number of amides is 1. The number of carboxylic acid groups (broad SMARTS) is 1. The summed E-state index contributed by atoms with van der Waals surface area (Å²) in [6.07, 6.45) is 2.10.